The van der Waals surface area contributed by atoms with E-state index in [-0.39, 0.29) is 30.0 Å². The highest BCUT2D eigenvalue weighted by molar-refractivity contribution is 5.33. The molecule has 4 unspecified atom stereocenters. The molecule has 2 aliphatic rings. The minimum atomic E-state index is -0.206. The van der Waals surface area contributed by atoms with Gasteiger partial charge in [0, 0.05) is 11.8 Å². The predicted octanol–water partition coefficient (Wildman–Crippen LogP) is 2.55. The van der Waals surface area contributed by atoms with Gasteiger partial charge < -0.3 is 10.5 Å². The number of nitrogens with zero attached hydrogens (tertiary/aromatic N) is 1. The molecular weight excluding hydrogens is 288 g/mol. The van der Waals surface area contributed by atoms with Gasteiger partial charge in [-0.15, -0.1) is 0 Å². The van der Waals surface area contributed by atoms with Gasteiger partial charge >= 0.3 is 0 Å². The summed E-state index contributed by atoms with van der Waals surface area (Å²) < 4.78 is 5.80. The predicted molar refractivity (Wildman–Crippen MR) is 88.2 cm³/mol. The van der Waals surface area contributed by atoms with Crippen LogP contribution in [0.5, 0.6) is 0 Å². The molecule has 0 spiro atoms. The van der Waals surface area contributed by atoms with Gasteiger partial charge in [0.05, 0.1) is 11.6 Å². The van der Waals surface area contributed by atoms with E-state index in [1.807, 2.05) is 18.2 Å². The lowest BCUT2D eigenvalue weighted by Crippen LogP contribution is -2.44. The van der Waals surface area contributed by atoms with E-state index in [2.05, 4.69) is 42.9 Å². The van der Waals surface area contributed by atoms with Gasteiger partial charge in [-0.3, -0.25) is 0 Å². The van der Waals surface area contributed by atoms with Crippen molar-refractivity contribution in [3.63, 3.8) is 0 Å². The van der Waals surface area contributed by atoms with E-state index in [9.17, 15) is 5.26 Å². The van der Waals surface area contributed by atoms with Crippen LogP contribution in [-0.2, 0) is 4.74 Å². The van der Waals surface area contributed by atoms with Crippen LogP contribution in [0.25, 0.3) is 0 Å². The number of nitrogens with one attached hydrogen (secondary N) is 2. The van der Waals surface area contributed by atoms with Crippen molar-refractivity contribution in [2.24, 2.45) is 23.5 Å². The maximum atomic E-state index is 9.64. The Labute approximate surface area is 137 Å². The molecule has 0 aromatic heterocycles. The van der Waals surface area contributed by atoms with Crippen LogP contribution in [0.15, 0.2) is 41.8 Å². The van der Waals surface area contributed by atoms with E-state index in [0.29, 0.717) is 11.5 Å². The average Bonchev–Trinajstić information content (AvgIpc) is 3.00. The minimum Gasteiger partial charge on any atom is -0.458 e. The molecular formula is C18H24N4O. The van der Waals surface area contributed by atoms with Gasteiger partial charge in [-0.1, -0.05) is 57.0 Å². The lowest BCUT2D eigenvalue weighted by atomic mass is 9.69. The fraction of sp³-hybridized carbons (Fsp3) is 0.500. The Morgan fingerprint density at radius 1 is 1.22 bits per heavy atom. The molecule has 1 aromatic rings. The molecule has 0 saturated carbocycles. The third kappa shape index (κ3) is 2.69. The van der Waals surface area contributed by atoms with Crippen LogP contribution in [0.1, 0.15) is 38.3 Å². The molecule has 0 aliphatic carbocycles. The Kier molecular flexibility index (Phi) is 4.56. The zero-order valence-electron chi connectivity index (χ0n) is 13.6. The first-order valence-electron chi connectivity index (χ1n) is 8.33. The van der Waals surface area contributed by atoms with E-state index in [1.165, 1.54) is 5.56 Å². The monoisotopic (exact) mass is 312 g/mol. The normalized spacial score (nSPS) is 30.0. The smallest absolute Gasteiger partial charge is 0.200 e. The second-order valence-corrected chi connectivity index (χ2v) is 6.28. The molecule has 2 heterocycles. The number of nitriles is 1. The number of rotatable bonds is 4. The Balaban J connectivity index is 2.03. The van der Waals surface area contributed by atoms with Gasteiger partial charge in [0.15, 0.2) is 12.1 Å². The lowest BCUT2D eigenvalue weighted by Gasteiger charge is -2.39. The van der Waals surface area contributed by atoms with Gasteiger partial charge in [-0.25, -0.2) is 10.9 Å². The SMILES string of the molecule is CCC(CC)C1C(C#N)=C(N)OC2NNC(c3ccccc3)C21. The molecule has 3 rings (SSSR count). The maximum absolute atomic E-state index is 9.64. The van der Waals surface area contributed by atoms with Crippen molar-refractivity contribution < 1.29 is 4.74 Å². The van der Waals surface area contributed by atoms with Crippen molar-refractivity contribution in [2.45, 2.75) is 39.0 Å². The molecule has 5 nitrogen and oxygen atoms in total. The minimum absolute atomic E-state index is 0.0986. The van der Waals surface area contributed by atoms with Crippen LogP contribution in [0.3, 0.4) is 0 Å². The van der Waals surface area contributed by atoms with Crippen molar-refractivity contribution in [1.82, 2.24) is 10.9 Å². The zero-order valence-corrected chi connectivity index (χ0v) is 13.6. The molecule has 122 valence electrons. The average molecular weight is 312 g/mol. The molecule has 4 atom stereocenters. The van der Waals surface area contributed by atoms with Crippen molar-refractivity contribution >= 4 is 0 Å². The van der Waals surface area contributed by atoms with Crippen LogP contribution in [-0.4, -0.2) is 6.23 Å². The molecule has 0 bridgehead atoms. The van der Waals surface area contributed by atoms with Crippen LogP contribution in [0.2, 0.25) is 0 Å². The van der Waals surface area contributed by atoms with E-state index in [4.69, 9.17) is 10.5 Å². The summed E-state index contributed by atoms with van der Waals surface area (Å²) in [5, 5.41) is 9.64. The third-order valence-electron chi connectivity index (χ3n) is 5.22. The van der Waals surface area contributed by atoms with E-state index < -0.39 is 0 Å². The number of nitrogens with two attached hydrogens (primary N) is 1. The summed E-state index contributed by atoms with van der Waals surface area (Å²) in [6, 6.07) is 12.7. The first kappa shape index (κ1) is 15.9. The molecule has 1 saturated heterocycles. The van der Waals surface area contributed by atoms with E-state index in [1.54, 1.807) is 0 Å². The standard InChI is InChI=1S/C18H24N4O/c1-3-11(4-2)14-13(10-19)17(20)23-18-15(14)16(21-22-18)12-8-6-5-7-9-12/h5-9,11,14-16,18,21-22H,3-4,20H2,1-2H3. The molecule has 5 heteroatoms. The Hall–Kier alpha value is -2.03. The lowest BCUT2D eigenvalue weighted by molar-refractivity contribution is 0.00493. The van der Waals surface area contributed by atoms with Crippen molar-refractivity contribution in [3.05, 3.63) is 47.4 Å². The maximum Gasteiger partial charge on any atom is 0.200 e. The van der Waals surface area contributed by atoms with Gasteiger partial charge in [0.25, 0.3) is 0 Å². The molecule has 1 aromatic carbocycles. The molecule has 2 aliphatic heterocycles. The van der Waals surface area contributed by atoms with Crippen LogP contribution in [0, 0.1) is 29.1 Å². The fourth-order valence-corrected chi connectivity index (χ4v) is 4.04. The first-order valence-corrected chi connectivity index (χ1v) is 8.33. The quantitative estimate of drug-likeness (QED) is 0.796. The van der Waals surface area contributed by atoms with Gasteiger partial charge in [-0.2, -0.15) is 5.26 Å². The van der Waals surface area contributed by atoms with Crippen LogP contribution in [0.4, 0.5) is 0 Å². The number of ether oxygens (including phenoxy) is 1. The van der Waals surface area contributed by atoms with Crippen LogP contribution >= 0.6 is 0 Å². The number of allylic oxidation sites excluding steroid dienone is 1. The number of hydrazine groups is 1. The highest BCUT2D eigenvalue weighted by Gasteiger charge is 2.50. The largest absolute Gasteiger partial charge is 0.458 e. The number of fused-ring (bicyclic) bond motifs is 1. The summed E-state index contributed by atoms with van der Waals surface area (Å²) in [5.41, 5.74) is 14.4. The summed E-state index contributed by atoms with van der Waals surface area (Å²) in [7, 11) is 0. The second kappa shape index (κ2) is 6.61. The second-order valence-electron chi connectivity index (χ2n) is 6.28. The van der Waals surface area contributed by atoms with Gasteiger partial charge in [0.1, 0.15) is 6.07 Å². The van der Waals surface area contributed by atoms with Crippen molar-refractivity contribution in [3.8, 4) is 6.07 Å². The summed E-state index contributed by atoms with van der Waals surface area (Å²) in [5.74, 6) is 0.923. The summed E-state index contributed by atoms with van der Waals surface area (Å²) >= 11 is 0. The van der Waals surface area contributed by atoms with E-state index in [0.717, 1.165) is 12.8 Å². The number of hydrogen-bond acceptors (Lipinski definition) is 5. The van der Waals surface area contributed by atoms with Crippen molar-refractivity contribution in [2.75, 3.05) is 0 Å². The van der Waals surface area contributed by atoms with Crippen molar-refractivity contribution in [1.29, 1.82) is 5.26 Å². The summed E-state index contributed by atoms with van der Waals surface area (Å²) in [6.45, 7) is 4.36. The molecule has 23 heavy (non-hydrogen) atoms. The fourth-order valence-electron chi connectivity index (χ4n) is 4.04. The molecule has 0 radical (unpaired) electrons. The highest BCUT2D eigenvalue weighted by Crippen LogP contribution is 2.46. The molecule has 4 N–H and O–H groups in total. The molecule has 0 amide bonds. The Morgan fingerprint density at radius 3 is 2.52 bits per heavy atom. The number of hydrogen-bond donors (Lipinski definition) is 3. The number of benzene rings is 1. The first-order chi connectivity index (χ1) is 11.2. The summed E-state index contributed by atoms with van der Waals surface area (Å²) in [6.07, 6.45) is 1.83. The van der Waals surface area contributed by atoms with Gasteiger partial charge in [0.2, 0.25) is 0 Å². The summed E-state index contributed by atoms with van der Waals surface area (Å²) in [4.78, 5) is 0. The molecule has 1 fully saturated rings. The Bertz CT molecular complexity index is 618. The van der Waals surface area contributed by atoms with E-state index >= 15 is 0 Å². The third-order valence-corrected chi connectivity index (χ3v) is 5.22. The highest BCUT2D eigenvalue weighted by atomic mass is 16.5. The van der Waals surface area contributed by atoms with Crippen LogP contribution < -0.4 is 16.6 Å². The topological polar surface area (TPSA) is 83.1 Å². The zero-order chi connectivity index (χ0) is 16.4. The Morgan fingerprint density at radius 2 is 1.91 bits per heavy atom. The van der Waals surface area contributed by atoms with Gasteiger partial charge in [-0.05, 0) is 11.5 Å².